The molecular formula is C13H19N5O3. The molecule has 0 aliphatic carbocycles. The summed E-state index contributed by atoms with van der Waals surface area (Å²) in [4.78, 5) is 28.6. The Labute approximate surface area is 122 Å². The monoisotopic (exact) mass is 293 g/mol. The van der Waals surface area contributed by atoms with Gasteiger partial charge < -0.3 is 20.3 Å². The number of aromatic nitrogens is 2. The van der Waals surface area contributed by atoms with E-state index < -0.39 is 4.92 Å². The summed E-state index contributed by atoms with van der Waals surface area (Å²) in [6.45, 7) is 3.59. The molecule has 1 N–H and O–H groups in total. The van der Waals surface area contributed by atoms with Gasteiger partial charge in [0.15, 0.2) is 0 Å². The molecule has 8 nitrogen and oxygen atoms in total. The van der Waals surface area contributed by atoms with E-state index in [-0.39, 0.29) is 24.3 Å². The molecule has 3 rings (SSSR count). The van der Waals surface area contributed by atoms with Gasteiger partial charge in [-0.25, -0.2) is 0 Å². The highest BCUT2D eigenvalue weighted by Crippen LogP contribution is 2.28. The summed E-state index contributed by atoms with van der Waals surface area (Å²) in [5, 5.41) is 14.1. The molecule has 2 atom stereocenters. The van der Waals surface area contributed by atoms with Crippen LogP contribution < -0.4 is 5.32 Å². The minimum absolute atomic E-state index is 0.0293. The number of nitro groups is 1. The Morgan fingerprint density at radius 3 is 2.95 bits per heavy atom. The standard InChI is InChI=1S/C13H19N5O3/c1-9-15-12(18(20)21)7-16(9)8-13(19)17-10-2-3-11(17)6-14-5-4-10/h7,10-11,14H,2-6,8H2,1H3. The molecular weight excluding hydrogens is 274 g/mol. The molecule has 2 unspecified atom stereocenters. The summed E-state index contributed by atoms with van der Waals surface area (Å²) in [5.74, 6) is 0.317. The van der Waals surface area contributed by atoms with E-state index in [1.165, 1.54) is 6.20 Å². The first kappa shape index (κ1) is 14.0. The topological polar surface area (TPSA) is 93.3 Å². The first-order chi connectivity index (χ1) is 10.1. The molecule has 0 spiro atoms. The van der Waals surface area contributed by atoms with Gasteiger partial charge in [-0.1, -0.05) is 0 Å². The molecule has 1 aromatic heterocycles. The first-order valence-electron chi connectivity index (χ1n) is 7.26. The largest absolute Gasteiger partial charge is 0.381 e. The second-order valence-electron chi connectivity index (χ2n) is 5.71. The van der Waals surface area contributed by atoms with Gasteiger partial charge in [-0.05, 0) is 35.7 Å². The Balaban J connectivity index is 1.75. The fourth-order valence-electron chi connectivity index (χ4n) is 3.36. The average molecular weight is 293 g/mol. The highest BCUT2D eigenvalue weighted by atomic mass is 16.6. The molecule has 3 heterocycles. The second kappa shape index (κ2) is 5.44. The Bertz CT molecular complexity index is 556. The molecule has 2 aliphatic heterocycles. The molecule has 8 heteroatoms. The van der Waals surface area contributed by atoms with Gasteiger partial charge in [-0.2, -0.15) is 0 Å². The van der Waals surface area contributed by atoms with Gasteiger partial charge in [0.1, 0.15) is 12.7 Å². The predicted molar refractivity (Wildman–Crippen MR) is 74.8 cm³/mol. The van der Waals surface area contributed by atoms with Crippen molar-refractivity contribution in [1.29, 1.82) is 0 Å². The number of nitrogens with zero attached hydrogens (tertiary/aromatic N) is 4. The molecule has 1 amide bonds. The number of carbonyl (C=O) groups excluding carboxylic acids is 1. The molecule has 21 heavy (non-hydrogen) atoms. The number of carbonyl (C=O) groups is 1. The van der Waals surface area contributed by atoms with Crippen molar-refractivity contribution in [2.45, 2.75) is 44.8 Å². The number of rotatable bonds is 3. The van der Waals surface area contributed by atoms with Gasteiger partial charge >= 0.3 is 5.82 Å². The number of aryl methyl sites for hydroxylation is 1. The maximum atomic E-state index is 12.6. The number of hydrogen-bond donors (Lipinski definition) is 1. The molecule has 2 aliphatic rings. The Hall–Kier alpha value is -1.96. The van der Waals surface area contributed by atoms with Crippen molar-refractivity contribution in [3.05, 3.63) is 22.1 Å². The van der Waals surface area contributed by atoms with Gasteiger partial charge in [0.2, 0.25) is 11.7 Å². The zero-order chi connectivity index (χ0) is 15.0. The second-order valence-corrected chi connectivity index (χ2v) is 5.71. The lowest BCUT2D eigenvalue weighted by Gasteiger charge is -2.28. The summed E-state index contributed by atoms with van der Waals surface area (Å²) in [6, 6.07) is 0.556. The summed E-state index contributed by atoms with van der Waals surface area (Å²) in [6.07, 6.45) is 4.41. The summed E-state index contributed by atoms with van der Waals surface area (Å²) in [5.41, 5.74) is 0. The third-order valence-electron chi connectivity index (χ3n) is 4.40. The van der Waals surface area contributed by atoms with Crippen molar-refractivity contribution in [1.82, 2.24) is 19.8 Å². The normalized spacial score (nSPS) is 24.9. The van der Waals surface area contributed by atoms with Crippen LogP contribution in [0.1, 0.15) is 25.1 Å². The number of fused-ring (bicyclic) bond motifs is 2. The van der Waals surface area contributed by atoms with Crippen molar-refractivity contribution in [3.8, 4) is 0 Å². The van der Waals surface area contributed by atoms with Crippen molar-refractivity contribution in [3.63, 3.8) is 0 Å². The van der Waals surface area contributed by atoms with Crippen LogP contribution in [0.25, 0.3) is 0 Å². The van der Waals surface area contributed by atoms with Gasteiger partial charge in [0, 0.05) is 25.6 Å². The lowest BCUT2D eigenvalue weighted by Crippen LogP contribution is -2.44. The maximum Gasteiger partial charge on any atom is 0.381 e. The number of amides is 1. The van der Waals surface area contributed by atoms with Crippen LogP contribution in [0.2, 0.25) is 0 Å². The molecule has 1 aromatic rings. The van der Waals surface area contributed by atoms with Crippen molar-refractivity contribution in [2.75, 3.05) is 13.1 Å². The van der Waals surface area contributed by atoms with Gasteiger partial charge in [0.25, 0.3) is 0 Å². The highest BCUT2D eigenvalue weighted by Gasteiger charge is 2.38. The minimum atomic E-state index is -0.534. The minimum Gasteiger partial charge on any atom is -0.358 e. The van der Waals surface area contributed by atoms with Gasteiger partial charge in [-0.3, -0.25) is 9.36 Å². The van der Waals surface area contributed by atoms with Crippen LogP contribution in [-0.2, 0) is 11.3 Å². The van der Waals surface area contributed by atoms with E-state index in [1.54, 1.807) is 11.5 Å². The van der Waals surface area contributed by atoms with Crippen LogP contribution in [0.4, 0.5) is 5.82 Å². The fourth-order valence-corrected chi connectivity index (χ4v) is 3.36. The van der Waals surface area contributed by atoms with Crippen LogP contribution in [0, 0.1) is 17.0 Å². The van der Waals surface area contributed by atoms with Crippen LogP contribution >= 0.6 is 0 Å². The SMILES string of the molecule is Cc1nc([N+](=O)[O-])cn1CC(=O)N1C2CCNCC1CC2. The summed E-state index contributed by atoms with van der Waals surface area (Å²) < 4.78 is 1.57. The molecule has 2 fully saturated rings. The van der Waals surface area contributed by atoms with E-state index in [0.717, 1.165) is 32.4 Å². The van der Waals surface area contributed by atoms with E-state index in [2.05, 4.69) is 10.3 Å². The fraction of sp³-hybridized carbons (Fsp3) is 0.692. The number of imidazole rings is 1. The van der Waals surface area contributed by atoms with E-state index >= 15 is 0 Å². The predicted octanol–water partition coefficient (Wildman–Crippen LogP) is 0.453. The molecule has 0 radical (unpaired) electrons. The third-order valence-corrected chi connectivity index (χ3v) is 4.40. The molecule has 2 bridgehead atoms. The third kappa shape index (κ3) is 2.63. The average Bonchev–Trinajstić information content (AvgIpc) is 2.89. The van der Waals surface area contributed by atoms with E-state index in [9.17, 15) is 14.9 Å². The van der Waals surface area contributed by atoms with E-state index in [4.69, 9.17) is 0 Å². The van der Waals surface area contributed by atoms with Crippen LogP contribution in [0.15, 0.2) is 6.20 Å². The van der Waals surface area contributed by atoms with Crippen LogP contribution in [-0.4, -0.2) is 50.5 Å². The molecule has 114 valence electrons. The smallest absolute Gasteiger partial charge is 0.358 e. The van der Waals surface area contributed by atoms with Crippen molar-refractivity contribution >= 4 is 11.7 Å². The van der Waals surface area contributed by atoms with Gasteiger partial charge in [-0.15, -0.1) is 0 Å². The summed E-state index contributed by atoms with van der Waals surface area (Å²) >= 11 is 0. The van der Waals surface area contributed by atoms with E-state index in [1.807, 2.05) is 4.90 Å². The lowest BCUT2D eigenvalue weighted by molar-refractivity contribution is -0.389. The lowest BCUT2D eigenvalue weighted by atomic mass is 10.1. The van der Waals surface area contributed by atoms with Crippen LogP contribution in [0.5, 0.6) is 0 Å². The zero-order valence-electron chi connectivity index (χ0n) is 12.0. The Kier molecular flexibility index (Phi) is 3.62. The zero-order valence-corrected chi connectivity index (χ0v) is 12.0. The van der Waals surface area contributed by atoms with Crippen molar-refractivity contribution in [2.24, 2.45) is 0 Å². The summed E-state index contributed by atoms with van der Waals surface area (Å²) in [7, 11) is 0. The molecule has 2 saturated heterocycles. The Morgan fingerprint density at radius 1 is 1.48 bits per heavy atom. The number of nitrogens with one attached hydrogen (secondary N) is 1. The van der Waals surface area contributed by atoms with Gasteiger partial charge in [0.05, 0.1) is 0 Å². The van der Waals surface area contributed by atoms with E-state index in [0.29, 0.717) is 11.9 Å². The maximum absolute atomic E-state index is 12.6. The molecule has 0 aromatic carbocycles. The molecule has 0 saturated carbocycles. The van der Waals surface area contributed by atoms with Crippen LogP contribution in [0.3, 0.4) is 0 Å². The van der Waals surface area contributed by atoms with Crippen molar-refractivity contribution < 1.29 is 9.72 Å². The number of hydrogen-bond acceptors (Lipinski definition) is 5. The highest BCUT2D eigenvalue weighted by molar-refractivity contribution is 5.77. The first-order valence-corrected chi connectivity index (χ1v) is 7.26. The quantitative estimate of drug-likeness (QED) is 0.645. The Morgan fingerprint density at radius 2 is 2.24 bits per heavy atom.